The molecule has 0 unspecified atom stereocenters. The summed E-state index contributed by atoms with van der Waals surface area (Å²) in [6.45, 7) is 4.78. The number of anilines is 1. The summed E-state index contributed by atoms with van der Waals surface area (Å²) in [6, 6.07) is 1.82. The predicted octanol–water partition coefficient (Wildman–Crippen LogP) is 1.37. The van der Waals surface area contributed by atoms with Crippen molar-refractivity contribution in [3.63, 3.8) is 0 Å². The lowest BCUT2D eigenvalue weighted by atomic mass is 10.5. The van der Waals surface area contributed by atoms with Crippen LogP contribution in [0.15, 0.2) is 30.9 Å². The second kappa shape index (κ2) is 5.70. The van der Waals surface area contributed by atoms with Crippen LogP contribution >= 0.6 is 0 Å². The zero-order chi connectivity index (χ0) is 14.7. The van der Waals surface area contributed by atoms with Gasteiger partial charge >= 0.3 is 0 Å². The van der Waals surface area contributed by atoms with Gasteiger partial charge in [0, 0.05) is 31.3 Å². The average molecular weight is 284 g/mol. The Labute approximate surface area is 121 Å². The molecule has 3 aromatic rings. The second-order valence-corrected chi connectivity index (χ2v) is 4.48. The van der Waals surface area contributed by atoms with Crippen molar-refractivity contribution in [3.05, 3.63) is 36.7 Å². The molecule has 0 amide bonds. The Balaban J connectivity index is 2.07. The molecule has 0 spiro atoms. The normalized spacial score (nSPS) is 10.8. The fourth-order valence-corrected chi connectivity index (χ4v) is 1.86. The Morgan fingerprint density at radius 1 is 1.10 bits per heavy atom. The van der Waals surface area contributed by atoms with E-state index in [4.69, 9.17) is 0 Å². The van der Waals surface area contributed by atoms with Gasteiger partial charge in [0.2, 0.25) is 11.9 Å². The maximum absolute atomic E-state index is 4.45. The van der Waals surface area contributed by atoms with Crippen LogP contribution in [0.3, 0.4) is 0 Å². The summed E-state index contributed by atoms with van der Waals surface area (Å²) in [4.78, 5) is 17.5. The molecule has 0 aliphatic rings. The smallest absolute Gasteiger partial charge is 0.257 e. The summed E-state index contributed by atoms with van der Waals surface area (Å²) >= 11 is 0. The Hall–Kier alpha value is -2.77. The molecule has 0 fully saturated rings. The topological polar surface area (TPSA) is 86.3 Å². The molecule has 3 rings (SSSR count). The quantitative estimate of drug-likeness (QED) is 0.761. The van der Waals surface area contributed by atoms with E-state index in [1.165, 1.54) is 0 Å². The molecular formula is C13H16N8. The van der Waals surface area contributed by atoms with Gasteiger partial charge in [-0.1, -0.05) is 6.92 Å². The number of rotatable bonds is 5. The predicted molar refractivity (Wildman–Crippen MR) is 77.6 cm³/mol. The van der Waals surface area contributed by atoms with Gasteiger partial charge in [0.05, 0.1) is 0 Å². The van der Waals surface area contributed by atoms with Gasteiger partial charge in [-0.2, -0.15) is 20.1 Å². The van der Waals surface area contributed by atoms with E-state index in [0.29, 0.717) is 17.8 Å². The van der Waals surface area contributed by atoms with Gasteiger partial charge in [-0.05, 0) is 19.4 Å². The van der Waals surface area contributed by atoms with Crippen LogP contribution in [0.4, 0.5) is 5.95 Å². The molecule has 0 radical (unpaired) electrons. The number of imidazole rings is 1. The van der Waals surface area contributed by atoms with E-state index in [0.717, 1.165) is 18.8 Å². The number of hydrogen-bond donors (Lipinski definition) is 1. The van der Waals surface area contributed by atoms with E-state index in [1.54, 1.807) is 23.3 Å². The van der Waals surface area contributed by atoms with Crippen molar-refractivity contribution in [2.45, 2.75) is 20.3 Å². The Kier molecular flexibility index (Phi) is 3.59. The van der Waals surface area contributed by atoms with E-state index in [9.17, 15) is 0 Å². The van der Waals surface area contributed by atoms with Gasteiger partial charge in [-0.3, -0.25) is 4.57 Å². The lowest BCUT2D eigenvalue weighted by Crippen LogP contribution is -2.13. The molecular weight excluding hydrogens is 268 g/mol. The highest BCUT2D eigenvalue weighted by Gasteiger charge is 2.11. The summed E-state index contributed by atoms with van der Waals surface area (Å²) in [5.74, 6) is 2.33. The van der Waals surface area contributed by atoms with Crippen molar-refractivity contribution in [1.29, 1.82) is 0 Å². The van der Waals surface area contributed by atoms with Crippen molar-refractivity contribution in [1.82, 2.24) is 34.3 Å². The molecule has 0 aromatic carbocycles. The van der Waals surface area contributed by atoms with Gasteiger partial charge < -0.3 is 5.32 Å². The molecule has 0 saturated carbocycles. The van der Waals surface area contributed by atoms with Gasteiger partial charge in [-0.25, -0.2) is 9.67 Å². The fourth-order valence-electron chi connectivity index (χ4n) is 1.86. The minimum absolute atomic E-state index is 0.469. The third kappa shape index (κ3) is 2.73. The molecule has 3 aromatic heterocycles. The molecule has 0 saturated heterocycles. The van der Waals surface area contributed by atoms with Crippen molar-refractivity contribution in [3.8, 4) is 11.9 Å². The molecule has 0 atom stereocenters. The first-order valence-corrected chi connectivity index (χ1v) is 6.78. The Morgan fingerprint density at radius 2 is 1.95 bits per heavy atom. The molecule has 21 heavy (non-hydrogen) atoms. The molecule has 0 aliphatic carbocycles. The van der Waals surface area contributed by atoms with Crippen molar-refractivity contribution in [2.24, 2.45) is 0 Å². The molecule has 8 nitrogen and oxygen atoms in total. The monoisotopic (exact) mass is 284 g/mol. The number of aromatic nitrogens is 7. The van der Waals surface area contributed by atoms with Gasteiger partial charge in [0.15, 0.2) is 0 Å². The minimum atomic E-state index is 0.469. The van der Waals surface area contributed by atoms with Gasteiger partial charge in [-0.15, -0.1) is 0 Å². The molecule has 3 heterocycles. The highest BCUT2D eigenvalue weighted by Crippen LogP contribution is 2.10. The Morgan fingerprint density at radius 3 is 2.62 bits per heavy atom. The first-order valence-electron chi connectivity index (χ1n) is 6.78. The lowest BCUT2D eigenvalue weighted by Gasteiger charge is -2.09. The number of aryl methyl sites for hydroxylation is 1. The fraction of sp³-hybridized carbons (Fsp3) is 0.308. The minimum Gasteiger partial charge on any atom is -0.354 e. The van der Waals surface area contributed by atoms with Crippen molar-refractivity contribution in [2.75, 3.05) is 11.9 Å². The zero-order valence-electron chi connectivity index (χ0n) is 11.9. The third-order valence-electron chi connectivity index (χ3n) is 2.90. The molecule has 0 aliphatic heterocycles. The van der Waals surface area contributed by atoms with Gasteiger partial charge in [0.1, 0.15) is 5.82 Å². The van der Waals surface area contributed by atoms with Crippen LogP contribution in [-0.4, -0.2) is 40.8 Å². The molecule has 108 valence electrons. The summed E-state index contributed by atoms with van der Waals surface area (Å²) in [5, 5.41) is 7.35. The van der Waals surface area contributed by atoms with Crippen LogP contribution in [0.2, 0.25) is 0 Å². The molecule has 1 N–H and O–H groups in total. The van der Waals surface area contributed by atoms with Crippen LogP contribution in [-0.2, 0) is 0 Å². The largest absolute Gasteiger partial charge is 0.354 e. The molecule has 8 heteroatoms. The van der Waals surface area contributed by atoms with Crippen molar-refractivity contribution < 1.29 is 0 Å². The highest BCUT2D eigenvalue weighted by atomic mass is 15.4. The van der Waals surface area contributed by atoms with E-state index in [2.05, 4.69) is 37.3 Å². The first-order chi connectivity index (χ1) is 10.3. The Bertz CT molecular complexity index is 716. The number of nitrogens with zero attached hydrogens (tertiary/aromatic N) is 7. The van der Waals surface area contributed by atoms with Crippen LogP contribution in [0, 0.1) is 6.92 Å². The second-order valence-electron chi connectivity index (χ2n) is 4.48. The highest BCUT2D eigenvalue weighted by molar-refractivity contribution is 5.33. The van der Waals surface area contributed by atoms with Crippen LogP contribution in [0.25, 0.3) is 11.9 Å². The summed E-state index contributed by atoms with van der Waals surface area (Å²) in [5.41, 5.74) is 0. The SMILES string of the molecule is CCCNc1nc(-n2cccn2)nc(-n2ccnc2C)n1. The van der Waals surface area contributed by atoms with E-state index in [-0.39, 0.29) is 0 Å². The van der Waals surface area contributed by atoms with Crippen LogP contribution < -0.4 is 5.32 Å². The third-order valence-corrected chi connectivity index (χ3v) is 2.90. The average Bonchev–Trinajstić information content (AvgIpc) is 3.16. The summed E-state index contributed by atoms with van der Waals surface area (Å²) in [6.07, 6.45) is 8.00. The maximum Gasteiger partial charge on any atom is 0.257 e. The molecule has 0 bridgehead atoms. The maximum atomic E-state index is 4.45. The number of nitrogens with one attached hydrogen (secondary N) is 1. The zero-order valence-corrected chi connectivity index (χ0v) is 11.9. The van der Waals surface area contributed by atoms with Crippen molar-refractivity contribution >= 4 is 5.95 Å². The van der Waals surface area contributed by atoms with Crippen LogP contribution in [0.5, 0.6) is 0 Å². The van der Waals surface area contributed by atoms with E-state index >= 15 is 0 Å². The van der Waals surface area contributed by atoms with E-state index in [1.807, 2.05) is 23.8 Å². The van der Waals surface area contributed by atoms with Gasteiger partial charge in [0.25, 0.3) is 5.95 Å². The lowest BCUT2D eigenvalue weighted by molar-refractivity contribution is 0.766. The number of hydrogen-bond acceptors (Lipinski definition) is 6. The van der Waals surface area contributed by atoms with E-state index < -0.39 is 0 Å². The van der Waals surface area contributed by atoms with Crippen LogP contribution in [0.1, 0.15) is 19.2 Å². The summed E-state index contributed by atoms with van der Waals surface area (Å²) < 4.78 is 3.42. The first kappa shape index (κ1) is 13.2. The standard InChI is InChI=1S/C13H16N8/c1-3-5-15-11-17-12(20-9-7-14-10(20)2)19-13(18-11)21-8-4-6-16-21/h4,6-9H,3,5H2,1-2H3,(H,15,17,18,19). The summed E-state index contributed by atoms with van der Waals surface area (Å²) in [7, 11) is 0.